The second-order valence-electron chi connectivity index (χ2n) is 6.64. The maximum Gasteiger partial charge on any atom is 0.0406 e. The van der Waals surface area contributed by atoms with Gasteiger partial charge in [0, 0.05) is 29.2 Å². The van der Waals surface area contributed by atoms with Crippen molar-refractivity contribution in [1.29, 1.82) is 0 Å². The molecule has 2 aliphatic rings. The molecule has 1 N–H and O–H groups in total. The summed E-state index contributed by atoms with van der Waals surface area (Å²) in [5.41, 5.74) is 1.40. The number of piperidine rings is 2. The van der Waals surface area contributed by atoms with Gasteiger partial charge < -0.3 is 5.32 Å². The summed E-state index contributed by atoms with van der Waals surface area (Å²) in [6, 6.07) is 11.1. The average molecular weight is 307 g/mol. The van der Waals surface area contributed by atoms with E-state index in [0.29, 0.717) is 6.04 Å². The number of rotatable bonds is 4. The van der Waals surface area contributed by atoms with Gasteiger partial charge in [-0.25, -0.2) is 0 Å². The molecule has 0 aromatic heterocycles. The molecule has 2 heterocycles. The van der Waals surface area contributed by atoms with Gasteiger partial charge in [0.2, 0.25) is 0 Å². The molecule has 0 saturated carbocycles. The average Bonchev–Trinajstić information content (AvgIpc) is 2.47. The van der Waals surface area contributed by atoms with Crippen molar-refractivity contribution in [1.82, 2.24) is 10.2 Å². The molecule has 2 aliphatic heterocycles. The highest BCUT2D eigenvalue weighted by atomic mass is 35.5. The molecule has 3 unspecified atom stereocenters. The summed E-state index contributed by atoms with van der Waals surface area (Å²) in [6.45, 7) is 5.68. The van der Waals surface area contributed by atoms with Crippen molar-refractivity contribution >= 4 is 11.6 Å². The lowest BCUT2D eigenvalue weighted by Crippen LogP contribution is -2.56. The van der Waals surface area contributed by atoms with Gasteiger partial charge in [0.05, 0.1) is 0 Å². The van der Waals surface area contributed by atoms with E-state index in [1.165, 1.54) is 37.7 Å². The Labute approximate surface area is 133 Å². The molecule has 1 aromatic rings. The molecule has 0 amide bonds. The van der Waals surface area contributed by atoms with Crippen LogP contribution in [0.15, 0.2) is 24.3 Å². The van der Waals surface area contributed by atoms with Crippen LogP contribution in [0.5, 0.6) is 0 Å². The SMILES string of the molecule is CCNC1CC2CCCC(C1)N2C(C)c1ccc(Cl)cc1. The van der Waals surface area contributed by atoms with Gasteiger partial charge >= 0.3 is 0 Å². The van der Waals surface area contributed by atoms with Crippen molar-refractivity contribution in [2.45, 2.75) is 70.1 Å². The summed E-state index contributed by atoms with van der Waals surface area (Å²) in [4.78, 5) is 2.79. The van der Waals surface area contributed by atoms with E-state index in [4.69, 9.17) is 11.6 Å². The Morgan fingerprint density at radius 2 is 1.81 bits per heavy atom. The van der Waals surface area contributed by atoms with Crippen molar-refractivity contribution in [3.63, 3.8) is 0 Å². The van der Waals surface area contributed by atoms with Gasteiger partial charge in [-0.05, 0) is 56.8 Å². The predicted octanol–water partition coefficient (Wildman–Crippen LogP) is 4.40. The highest BCUT2D eigenvalue weighted by molar-refractivity contribution is 6.30. The van der Waals surface area contributed by atoms with Crippen LogP contribution in [0.3, 0.4) is 0 Å². The molecule has 1 aromatic carbocycles. The molecular formula is C18H27ClN2. The van der Waals surface area contributed by atoms with E-state index >= 15 is 0 Å². The predicted molar refractivity (Wildman–Crippen MR) is 89.8 cm³/mol. The first-order valence-corrected chi connectivity index (χ1v) is 8.83. The summed E-state index contributed by atoms with van der Waals surface area (Å²) in [5.74, 6) is 0. The van der Waals surface area contributed by atoms with Gasteiger partial charge in [-0.15, -0.1) is 0 Å². The smallest absolute Gasteiger partial charge is 0.0406 e. The third kappa shape index (κ3) is 3.28. The standard InChI is InChI=1S/C18H27ClN2/c1-3-20-16-11-17-5-4-6-18(12-16)21(17)13(2)14-7-9-15(19)10-8-14/h7-10,13,16-18,20H,3-6,11-12H2,1-2H3. The third-order valence-corrected chi connectivity index (χ3v) is 5.58. The van der Waals surface area contributed by atoms with Gasteiger partial charge in [-0.2, -0.15) is 0 Å². The minimum Gasteiger partial charge on any atom is -0.314 e. The van der Waals surface area contributed by atoms with Crippen molar-refractivity contribution < 1.29 is 0 Å². The van der Waals surface area contributed by atoms with Crippen molar-refractivity contribution in [2.24, 2.45) is 0 Å². The minimum absolute atomic E-state index is 0.500. The summed E-state index contributed by atoms with van der Waals surface area (Å²) in [7, 11) is 0. The van der Waals surface area contributed by atoms with Crippen molar-refractivity contribution in [3.8, 4) is 0 Å². The second-order valence-corrected chi connectivity index (χ2v) is 7.08. The fourth-order valence-electron chi connectivity index (χ4n) is 4.42. The van der Waals surface area contributed by atoms with Crippen LogP contribution in [0.4, 0.5) is 0 Å². The second kappa shape index (κ2) is 6.68. The lowest BCUT2D eigenvalue weighted by atomic mass is 9.80. The van der Waals surface area contributed by atoms with Crippen LogP contribution in [0.2, 0.25) is 5.02 Å². The summed E-state index contributed by atoms with van der Waals surface area (Å²) in [5, 5.41) is 4.51. The van der Waals surface area contributed by atoms with Crippen LogP contribution in [-0.4, -0.2) is 29.6 Å². The Morgan fingerprint density at radius 3 is 2.38 bits per heavy atom. The third-order valence-electron chi connectivity index (χ3n) is 5.32. The number of nitrogens with zero attached hydrogens (tertiary/aromatic N) is 1. The zero-order valence-corrected chi connectivity index (χ0v) is 13.9. The topological polar surface area (TPSA) is 15.3 Å². The van der Waals surface area contributed by atoms with Crippen LogP contribution < -0.4 is 5.32 Å². The van der Waals surface area contributed by atoms with E-state index in [2.05, 4.69) is 36.2 Å². The highest BCUT2D eigenvalue weighted by Gasteiger charge is 2.40. The molecule has 3 rings (SSSR count). The number of fused-ring (bicyclic) bond motifs is 2. The highest BCUT2D eigenvalue weighted by Crippen LogP contribution is 2.40. The Morgan fingerprint density at radius 1 is 1.19 bits per heavy atom. The fraction of sp³-hybridized carbons (Fsp3) is 0.667. The van der Waals surface area contributed by atoms with E-state index in [0.717, 1.165) is 29.7 Å². The van der Waals surface area contributed by atoms with Crippen LogP contribution in [0.25, 0.3) is 0 Å². The molecular weight excluding hydrogens is 280 g/mol. The van der Waals surface area contributed by atoms with E-state index in [-0.39, 0.29) is 0 Å². The number of hydrogen-bond acceptors (Lipinski definition) is 2. The molecule has 116 valence electrons. The molecule has 0 spiro atoms. The van der Waals surface area contributed by atoms with Crippen molar-refractivity contribution in [2.75, 3.05) is 6.54 Å². The summed E-state index contributed by atoms with van der Waals surface area (Å²) < 4.78 is 0. The Bertz CT molecular complexity index is 445. The number of hydrogen-bond donors (Lipinski definition) is 1. The quantitative estimate of drug-likeness (QED) is 0.887. The summed E-state index contributed by atoms with van der Waals surface area (Å²) in [6.07, 6.45) is 6.73. The van der Waals surface area contributed by atoms with Crippen LogP contribution in [-0.2, 0) is 0 Å². The first kappa shape index (κ1) is 15.3. The van der Waals surface area contributed by atoms with Crippen LogP contribution >= 0.6 is 11.6 Å². The summed E-state index contributed by atoms with van der Waals surface area (Å²) >= 11 is 6.03. The zero-order valence-electron chi connectivity index (χ0n) is 13.2. The van der Waals surface area contributed by atoms with Gasteiger partial charge in [0.1, 0.15) is 0 Å². The van der Waals surface area contributed by atoms with Gasteiger partial charge in [0.15, 0.2) is 0 Å². The number of nitrogens with one attached hydrogen (secondary N) is 1. The van der Waals surface area contributed by atoms with Crippen molar-refractivity contribution in [3.05, 3.63) is 34.9 Å². The fourth-order valence-corrected chi connectivity index (χ4v) is 4.54. The number of benzene rings is 1. The van der Waals surface area contributed by atoms with Crippen LogP contribution in [0, 0.1) is 0 Å². The van der Waals surface area contributed by atoms with E-state index in [1.807, 2.05) is 12.1 Å². The monoisotopic (exact) mass is 306 g/mol. The molecule has 2 nitrogen and oxygen atoms in total. The van der Waals surface area contributed by atoms with Gasteiger partial charge in [0.25, 0.3) is 0 Å². The van der Waals surface area contributed by atoms with Crippen LogP contribution in [0.1, 0.15) is 57.6 Å². The number of halogens is 1. The molecule has 2 bridgehead atoms. The maximum atomic E-state index is 6.03. The Balaban J connectivity index is 1.76. The molecule has 21 heavy (non-hydrogen) atoms. The van der Waals surface area contributed by atoms with Gasteiger partial charge in [-0.1, -0.05) is 37.1 Å². The Hall–Kier alpha value is -0.570. The molecule has 3 heteroatoms. The molecule has 2 saturated heterocycles. The largest absolute Gasteiger partial charge is 0.314 e. The molecule has 3 atom stereocenters. The minimum atomic E-state index is 0.500. The zero-order chi connectivity index (χ0) is 14.8. The lowest BCUT2D eigenvalue weighted by molar-refractivity contribution is -0.00601. The molecule has 0 radical (unpaired) electrons. The first-order valence-electron chi connectivity index (χ1n) is 8.45. The maximum absolute atomic E-state index is 6.03. The normalized spacial score (nSPS) is 31.1. The lowest BCUT2D eigenvalue weighted by Gasteiger charge is -2.52. The van der Waals surface area contributed by atoms with E-state index in [1.54, 1.807) is 0 Å². The molecule has 0 aliphatic carbocycles. The van der Waals surface area contributed by atoms with Gasteiger partial charge in [-0.3, -0.25) is 4.90 Å². The Kier molecular flexibility index (Phi) is 4.88. The molecule has 2 fully saturated rings. The van der Waals surface area contributed by atoms with E-state index < -0.39 is 0 Å². The first-order chi connectivity index (χ1) is 10.2. The van der Waals surface area contributed by atoms with E-state index in [9.17, 15) is 0 Å².